The molecule has 34 heavy (non-hydrogen) atoms. The number of hydrogen-bond acceptors (Lipinski definition) is 5. The molecular weight excluding hydrogens is 426 g/mol. The van der Waals surface area contributed by atoms with Crippen LogP contribution in [0.25, 0.3) is 0 Å². The number of nitrogens with one attached hydrogen (secondary N) is 2. The molecule has 0 saturated carbocycles. The fourth-order valence-corrected chi connectivity index (χ4v) is 4.15. The van der Waals surface area contributed by atoms with Crippen molar-refractivity contribution >= 4 is 17.5 Å². The molecule has 1 atom stereocenters. The quantitative estimate of drug-likeness (QED) is 0.427. The van der Waals surface area contributed by atoms with Crippen LogP contribution < -0.4 is 15.4 Å². The van der Waals surface area contributed by atoms with Crippen LogP contribution in [0.5, 0.6) is 5.75 Å². The van der Waals surface area contributed by atoms with Gasteiger partial charge in [-0.2, -0.15) is 10.1 Å². The molecular formula is C27H25N5O2. The van der Waals surface area contributed by atoms with Gasteiger partial charge in [0.15, 0.2) is 0 Å². The first kappa shape index (κ1) is 21.5. The standard InChI is InChI=1S/C27H25N5O2/c1-18-10-6-8-14-22(18)31-26(33)24-19(2)30-27-28-17-29-32(27)25(24)21-13-7-9-15-23(21)34-16-20-11-4-3-5-12-20/h3-15,17,25H,16H2,1-2H3,(H,31,33)(H,28,29,30). The van der Waals surface area contributed by atoms with Gasteiger partial charge in [0, 0.05) is 16.9 Å². The van der Waals surface area contributed by atoms with Crippen molar-refractivity contribution in [1.82, 2.24) is 14.8 Å². The molecule has 5 rings (SSSR count). The SMILES string of the molecule is CC1=C(C(=O)Nc2ccccc2C)C(c2ccccc2OCc2ccccc2)n2ncnc2N1. The monoisotopic (exact) mass is 451 g/mol. The minimum atomic E-state index is -0.505. The highest BCUT2D eigenvalue weighted by Crippen LogP contribution is 2.39. The van der Waals surface area contributed by atoms with Gasteiger partial charge in [-0.05, 0) is 37.1 Å². The highest BCUT2D eigenvalue weighted by molar-refractivity contribution is 6.06. The third-order valence-electron chi connectivity index (χ3n) is 5.88. The van der Waals surface area contributed by atoms with Crippen molar-refractivity contribution in [1.29, 1.82) is 0 Å². The zero-order valence-electron chi connectivity index (χ0n) is 19.0. The average Bonchev–Trinajstić information content (AvgIpc) is 3.32. The lowest BCUT2D eigenvalue weighted by atomic mass is 9.94. The molecule has 0 aliphatic carbocycles. The number of allylic oxidation sites excluding steroid dienone is 1. The zero-order chi connectivity index (χ0) is 23.5. The van der Waals surface area contributed by atoms with E-state index in [1.54, 1.807) is 4.68 Å². The Morgan fingerprint density at radius 1 is 1.00 bits per heavy atom. The topological polar surface area (TPSA) is 81.1 Å². The predicted octanol–water partition coefficient (Wildman–Crippen LogP) is 5.09. The van der Waals surface area contributed by atoms with Crippen molar-refractivity contribution in [3.8, 4) is 5.75 Å². The van der Waals surface area contributed by atoms with Crippen LogP contribution in [0, 0.1) is 6.92 Å². The van der Waals surface area contributed by atoms with E-state index < -0.39 is 6.04 Å². The van der Waals surface area contributed by atoms with Gasteiger partial charge in [-0.15, -0.1) is 0 Å². The van der Waals surface area contributed by atoms with Crippen molar-refractivity contribution in [2.45, 2.75) is 26.5 Å². The summed E-state index contributed by atoms with van der Waals surface area (Å²) in [6.45, 7) is 4.27. The molecule has 2 N–H and O–H groups in total. The maximum absolute atomic E-state index is 13.6. The Morgan fingerprint density at radius 3 is 2.56 bits per heavy atom. The molecule has 4 aromatic rings. The average molecular weight is 452 g/mol. The van der Waals surface area contributed by atoms with E-state index in [4.69, 9.17) is 4.74 Å². The van der Waals surface area contributed by atoms with Crippen molar-refractivity contribution in [2.75, 3.05) is 10.6 Å². The minimum Gasteiger partial charge on any atom is -0.489 e. The van der Waals surface area contributed by atoms with Crippen molar-refractivity contribution < 1.29 is 9.53 Å². The molecule has 1 amide bonds. The van der Waals surface area contributed by atoms with Gasteiger partial charge in [-0.25, -0.2) is 4.68 Å². The summed E-state index contributed by atoms with van der Waals surface area (Å²) in [6.07, 6.45) is 1.48. The van der Waals surface area contributed by atoms with E-state index in [0.29, 0.717) is 23.9 Å². The summed E-state index contributed by atoms with van der Waals surface area (Å²) in [5.41, 5.74) is 4.92. The minimum absolute atomic E-state index is 0.205. The number of fused-ring (bicyclic) bond motifs is 1. The number of carbonyl (C=O) groups is 1. The molecule has 170 valence electrons. The summed E-state index contributed by atoms with van der Waals surface area (Å²) in [5.74, 6) is 1.06. The first-order chi connectivity index (χ1) is 16.6. The number of ether oxygens (including phenoxy) is 1. The summed E-state index contributed by atoms with van der Waals surface area (Å²) in [6, 6.07) is 25.0. The lowest BCUT2D eigenvalue weighted by molar-refractivity contribution is -0.113. The highest BCUT2D eigenvalue weighted by atomic mass is 16.5. The smallest absolute Gasteiger partial charge is 0.255 e. The molecule has 1 aliphatic heterocycles. The molecule has 0 spiro atoms. The summed E-state index contributed by atoms with van der Waals surface area (Å²) in [5, 5.41) is 10.7. The third kappa shape index (κ3) is 4.15. The van der Waals surface area contributed by atoms with Gasteiger partial charge in [-0.3, -0.25) is 4.79 Å². The molecule has 1 aromatic heterocycles. The molecule has 7 nitrogen and oxygen atoms in total. The van der Waals surface area contributed by atoms with E-state index in [1.807, 2.05) is 92.7 Å². The molecule has 0 radical (unpaired) electrons. The highest BCUT2D eigenvalue weighted by Gasteiger charge is 2.35. The van der Waals surface area contributed by atoms with Crippen LogP contribution in [0.2, 0.25) is 0 Å². The van der Waals surface area contributed by atoms with Gasteiger partial charge < -0.3 is 15.4 Å². The number of para-hydroxylation sites is 2. The van der Waals surface area contributed by atoms with Crippen LogP contribution in [0.15, 0.2) is 96.5 Å². The molecule has 3 aromatic carbocycles. The predicted molar refractivity (Wildman–Crippen MR) is 132 cm³/mol. The number of amides is 1. The first-order valence-electron chi connectivity index (χ1n) is 11.1. The lowest BCUT2D eigenvalue weighted by Crippen LogP contribution is -2.32. The number of aromatic nitrogens is 3. The molecule has 1 aliphatic rings. The Labute approximate surface area is 198 Å². The molecule has 7 heteroatoms. The number of carbonyl (C=O) groups excluding carboxylic acids is 1. The molecule has 0 fully saturated rings. The molecule has 1 unspecified atom stereocenters. The van der Waals surface area contributed by atoms with E-state index in [9.17, 15) is 4.79 Å². The van der Waals surface area contributed by atoms with Gasteiger partial charge in [0.1, 0.15) is 24.7 Å². The van der Waals surface area contributed by atoms with Gasteiger partial charge in [0.05, 0.1) is 5.57 Å². The number of anilines is 2. The third-order valence-corrected chi connectivity index (χ3v) is 5.88. The van der Waals surface area contributed by atoms with E-state index in [-0.39, 0.29) is 5.91 Å². The Hall–Kier alpha value is -4.39. The zero-order valence-corrected chi connectivity index (χ0v) is 19.0. The summed E-state index contributed by atoms with van der Waals surface area (Å²) in [7, 11) is 0. The largest absolute Gasteiger partial charge is 0.489 e. The van der Waals surface area contributed by atoms with Crippen molar-refractivity contribution in [2.24, 2.45) is 0 Å². The van der Waals surface area contributed by atoms with Crippen LogP contribution in [0.3, 0.4) is 0 Å². The van der Waals surface area contributed by atoms with Crippen LogP contribution in [0.1, 0.15) is 29.7 Å². The number of aryl methyl sites for hydroxylation is 1. The second-order valence-electron chi connectivity index (χ2n) is 8.18. The first-order valence-corrected chi connectivity index (χ1v) is 11.1. The Morgan fingerprint density at radius 2 is 1.74 bits per heavy atom. The van der Waals surface area contributed by atoms with Crippen molar-refractivity contribution in [3.05, 3.63) is 113 Å². The molecule has 2 heterocycles. The van der Waals surface area contributed by atoms with Crippen LogP contribution in [0.4, 0.5) is 11.6 Å². The Balaban J connectivity index is 1.53. The lowest BCUT2D eigenvalue weighted by Gasteiger charge is -2.30. The maximum atomic E-state index is 13.6. The van der Waals surface area contributed by atoms with Crippen LogP contribution in [-0.2, 0) is 11.4 Å². The van der Waals surface area contributed by atoms with Crippen molar-refractivity contribution in [3.63, 3.8) is 0 Å². The summed E-state index contributed by atoms with van der Waals surface area (Å²) < 4.78 is 7.96. The fraction of sp³-hybridized carbons (Fsp3) is 0.148. The van der Waals surface area contributed by atoms with Crippen LogP contribution >= 0.6 is 0 Å². The van der Waals surface area contributed by atoms with E-state index in [0.717, 1.165) is 28.1 Å². The fourth-order valence-electron chi connectivity index (χ4n) is 4.15. The van der Waals surface area contributed by atoms with E-state index >= 15 is 0 Å². The Bertz CT molecular complexity index is 1360. The van der Waals surface area contributed by atoms with Gasteiger partial charge in [-0.1, -0.05) is 66.7 Å². The van der Waals surface area contributed by atoms with E-state index in [2.05, 4.69) is 20.7 Å². The second-order valence-corrected chi connectivity index (χ2v) is 8.18. The maximum Gasteiger partial charge on any atom is 0.255 e. The number of hydrogen-bond donors (Lipinski definition) is 2. The Kier molecular flexibility index (Phi) is 5.82. The van der Waals surface area contributed by atoms with E-state index in [1.165, 1.54) is 6.33 Å². The van der Waals surface area contributed by atoms with Crippen LogP contribution in [-0.4, -0.2) is 20.7 Å². The molecule has 0 saturated heterocycles. The van der Waals surface area contributed by atoms with Gasteiger partial charge in [0.25, 0.3) is 5.91 Å². The summed E-state index contributed by atoms with van der Waals surface area (Å²) >= 11 is 0. The number of benzene rings is 3. The van der Waals surface area contributed by atoms with Gasteiger partial charge in [0.2, 0.25) is 5.95 Å². The second kappa shape index (κ2) is 9.23. The van der Waals surface area contributed by atoms with Gasteiger partial charge >= 0.3 is 0 Å². The normalized spacial score (nSPS) is 14.8. The summed E-state index contributed by atoms with van der Waals surface area (Å²) in [4.78, 5) is 18.0. The number of nitrogens with zero attached hydrogens (tertiary/aromatic N) is 3. The molecule has 0 bridgehead atoms. The number of rotatable bonds is 6.